The third kappa shape index (κ3) is 4.65. The molecule has 10 rings (SSSR count). The maximum absolute atomic E-state index is 13.9. The largest absolute Gasteiger partial charge is 0.744 e. The maximum Gasteiger partial charge on any atom is 0.744 e. The second-order valence-corrected chi connectivity index (χ2v) is 16.4. The topological polar surface area (TPSA) is 161 Å². The summed E-state index contributed by atoms with van der Waals surface area (Å²) < 4.78 is 16.6. The van der Waals surface area contributed by atoms with E-state index in [9.17, 15) is 9.59 Å². The molecular formula is C40H32N10O4Si. The molecule has 2 aromatic heterocycles. The van der Waals surface area contributed by atoms with Crippen LogP contribution in [0.25, 0.3) is 21.5 Å². The zero-order chi connectivity index (χ0) is 37.9. The van der Waals surface area contributed by atoms with Gasteiger partial charge in [-0.05, 0) is 52.0 Å². The Bertz CT molecular complexity index is 3040. The van der Waals surface area contributed by atoms with Crippen LogP contribution in [0.1, 0.15) is 44.5 Å². The molecule has 6 heterocycles. The SMILES string of the molecule is CNC(=O)O[Si]1(OC(=O)NC)n2c3c4cc(C)ccc4c2N=C2N=C(N=c4c5cc(C)ccc5c(n41)=NC1=NC(=N3)c3ccc(C)cc31)c1ccc(C)cc12. The molecule has 0 unspecified atom stereocenters. The summed E-state index contributed by atoms with van der Waals surface area (Å²) in [6.45, 7) is 7.98. The van der Waals surface area contributed by atoms with Crippen LogP contribution in [0.2, 0.25) is 0 Å². The van der Waals surface area contributed by atoms with E-state index in [1.807, 2.05) is 100 Å². The molecule has 0 atom stereocenters. The van der Waals surface area contributed by atoms with Gasteiger partial charge >= 0.3 is 21.1 Å². The first kappa shape index (κ1) is 32.6. The Morgan fingerprint density at radius 1 is 0.491 bits per heavy atom. The van der Waals surface area contributed by atoms with E-state index in [1.54, 1.807) is 8.47 Å². The molecule has 0 spiro atoms. The van der Waals surface area contributed by atoms with Gasteiger partial charge in [-0.3, -0.25) is 8.47 Å². The standard InChI is InChI=1S/C40H32N10O4Si/c1-19-7-11-23-27(15-19)33-43-31(23)45-37-30-18-22(4)10-14-26(30)36-48-34-28-16-20(2)8-12-24(28)32(44-34)46-38-29-17-21(3)9-13-25(29)35(47-33)49(38)55(50(36)37,53-39(51)41-5)54-40(52)42-6/h7-18H,1-6H3,(H,41,51)(H,42,52). The molecule has 6 aromatic rings. The van der Waals surface area contributed by atoms with Crippen molar-refractivity contribution in [3.8, 4) is 0 Å². The van der Waals surface area contributed by atoms with Crippen LogP contribution in [0.3, 0.4) is 0 Å². The molecule has 0 fully saturated rings. The Morgan fingerprint density at radius 2 is 0.927 bits per heavy atom. The van der Waals surface area contributed by atoms with Gasteiger partial charge in [0.05, 0.1) is 0 Å². The molecule has 15 heteroatoms. The van der Waals surface area contributed by atoms with Crippen LogP contribution >= 0.6 is 0 Å². The van der Waals surface area contributed by atoms with Crippen LogP contribution in [0.15, 0.2) is 103 Å². The van der Waals surface area contributed by atoms with Crippen LogP contribution in [-0.4, -0.2) is 67.0 Å². The van der Waals surface area contributed by atoms with Gasteiger partial charge in [0, 0.05) is 57.9 Å². The van der Waals surface area contributed by atoms with E-state index in [1.165, 1.54) is 14.1 Å². The predicted octanol–water partition coefficient (Wildman–Crippen LogP) is 5.32. The minimum Gasteiger partial charge on any atom is -0.435 e. The first-order valence-corrected chi connectivity index (χ1v) is 19.4. The maximum atomic E-state index is 13.9. The van der Waals surface area contributed by atoms with Crippen molar-refractivity contribution >= 4 is 77.6 Å². The molecule has 55 heavy (non-hydrogen) atoms. The average Bonchev–Trinajstić information content (AvgIpc) is 3.86. The van der Waals surface area contributed by atoms with Crippen molar-refractivity contribution in [3.05, 3.63) is 128 Å². The van der Waals surface area contributed by atoms with Crippen molar-refractivity contribution in [3.63, 3.8) is 0 Å². The van der Waals surface area contributed by atoms with Crippen LogP contribution in [0, 0.1) is 27.7 Å². The number of fused-ring (bicyclic) bond motifs is 14. The summed E-state index contributed by atoms with van der Waals surface area (Å²) >= 11 is 0. The lowest BCUT2D eigenvalue weighted by molar-refractivity contribution is 0.156. The fourth-order valence-electron chi connectivity index (χ4n) is 7.64. The normalized spacial score (nSPS) is 15.4. The third-order valence-electron chi connectivity index (χ3n) is 10.2. The van der Waals surface area contributed by atoms with Crippen molar-refractivity contribution < 1.29 is 18.4 Å². The summed E-state index contributed by atoms with van der Waals surface area (Å²) in [7, 11) is -2.05. The monoisotopic (exact) mass is 744 g/mol. The van der Waals surface area contributed by atoms with Crippen LogP contribution < -0.4 is 21.6 Å². The van der Waals surface area contributed by atoms with Crippen LogP contribution in [0.4, 0.5) is 21.2 Å². The van der Waals surface area contributed by atoms with E-state index in [-0.39, 0.29) is 0 Å². The van der Waals surface area contributed by atoms with Gasteiger partial charge in [-0.2, -0.15) is 0 Å². The van der Waals surface area contributed by atoms with Gasteiger partial charge in [-0.15, -0.1) is 0 Å². The molecule has 4 aromatic carbocycles. The lowest BCUT2D eigenvalue weighted by Crippen LogP contribution is -2.66. The van der Waals surface area contributed by atoms with Gasteiger partial charge in [0.2, 0.25) is 0 Å². The molecule has 0 radical (unpaired) electrons. The minimum absolute atomic E-state index is 0.306. The number of amidine groups is 4. The lowest BCUT2D eigenvalue weighted by Gasteiger charge is -2.31. The van der Waals surface area contributed by atoms with Gasteiger partial charge in [-0.25, -0.2) is 39.5 Å². The van der Waals surface area contributed by atoms with E-state index in [0.717, 1.165) is 44.5 Å². The van der Waals surface area contributed by atoms with Crippen LogP contribution in [-0.2, 0) is 8.85 Å². The second-order valence-electron chi connectivity index (χ2n) is 14.0. The quantitative estimate of drug-likeness (QED) is 0.230. The smallest absolute Gasteiger partial charge is 0.435 e. The minimum atomic E-state index is -4.94. The molecule has 2 N–H and O–H groups in total. The molecule has 4 aliphatic heterocycles. The molecule has 6 bridgehead atoms. The zero-order valence-corrected chi connectivity index (χ0v) is 31.6. The van der Waals surface area contributed by atoms with Crippen molar-refractivity contribution in [2.45, 2.75) is 27.7 Å². The number of hydrogen-bond donors (Lipinski definition) is 2. The van der Waals surface area contributed by atoms with Gasteiger partial charge < -0.3 is 19.5 Å². The van der Waals surface area contributed by atoms with Crippen LogP contribution in [0.5, 0.6) is 0 Å². The number of carbonyl (C=O) groups excluding carboxylic acids is 2. The summed E-state index contributed by atoms with van der Waals surface area (Å²) in [5.74, 6) is 2.17. The van der Waals surface area contributed by atoms with E-state index < -0.39 is 21.1 Å². The Kier molecular flexibility index (Phi) is 6.82. The highest BCUT2D eigenvalue weighted by atomic mass is 28.4. The highest BCUT2D eigenvalue weighted by Crippen LogP contribution is 2.44. The summed E-state index contributed by atoms with van der Waals surface area (Å²) in [6.07, 6.45) is -1.72. The number of aromatic nitrogens is 2. The molecule has 4 aliphatic rings. The number of amides is 2. The highest BCUT2D eigenvalue weighted by molar-refractivity contribution is 6.69. The molecule has 14 nitrogen and oxygen atoms in total. The Balaban J connectivity index is 1.55. The van der Waals surface area contributed by atoms with Gasteiger partial charge in [0.25, 0.3) is 0 Å². The van der Waals surface area contributed by atoms with Gasteiger partial charge in [0.15, 0.2) is 23.3 Å². The fraction of sp³-hybridized carbons (Fsp3) is 0.150. The Labute approximate surface area is 314 Å². The molecule has 2 amide bonds. The number of rotatable bonds is 2. The molecular weight excluding hydrogens is 713 g/mol. The van der Waals surface area contributed by atoms with E-state index in [0.29, 0.717) is 67.5 Å². The number of nitrogens with one attached hydrogen (secondary N) is 2. The average molecular weight is 745 g/mol. The lowest BCUT2D eigenvalue weighted by atomic mass is 10.0. The molecule has 0 saturated heterocycles. The van der Waals surface area contributed by atoms with Crippen molar-refractivity contribution in [2.24, 2.45) is 30.0 Å². The highest BCUT2D eigenvalue weighted by Gasteiger charge is 2.59. The molecule has 270 valence electrons. The molecule has 0 saturated carbocycles. The Hall–Kier alpha value is -7.00. The van der Waals surface area contributed by atoms with E-state index >= 15 is 0 Å². The van der Waals surface area contributed by atoms with Crippen molar-refractivity contribution in [1.29, 1.82) is 0 Å². The fourth-order valence-corrected chi connectivity index (χ4v) is 10.7. The number of aryl methyl sites for hydroxylation is 4. The van der Waals surface area contributed by atoms with E-state index in [2.05, 4.69) is 10.6 Å². The number of carbonyl (C=O) groups is 2. The number of nitrogens with zero attached hydrogens (tertiary/aromatic N) is 8. The Morgan fingerprint density at radius 3 is 1.51 bits per heavy atom. The predicted molar refractivity (Wildman–Crippen MR) is 211 cm³/mol. The first-order chi connectivity index (χ1) is 26.6. The number of hydrogen-bond acceptors (Lipinski definition) is 10. The summed E-state index contributed by atoms with van der Waals surface area (Å²) in [6, 6.07) is 23.8. The zero-order valence-electron chi connectivity index (χ0n) is 30.6. The van der Waals surface area contributed by atoms with E-state index in [4.69, 9.17) is 38.8 Å². The summed E-state index contributed by atoms with van der Waals surface area (Å²) in [5.41, 5.74) is 7.59. The van der Waals surface area contributed by atoms with Crippen molar-refractivity contribution in [2.75, 3.05) is 14.1 Å². The first-order valence-electron chi connectivity index (χ1n) is 17.7. The second kappa shape index (κ2) is 11.5. The summed E-state index contributed by atoms with van der Waals surface area (Å²) in [4.78, 5) is 59.2. The number of benzene rings is 4. The van der Waals surface area contributed by atoms with Gasteiger partial charge in [-0.1, -0.05) is 70.8 Å². The van der Waals surface area contributed by atoms with Crippen molar-refractivity contribution in [1.82, 2.24) is 19.1 Å². The molecule has 0 aliphatic carbocycles. The number of aliphatic imine (C=N–C) groups is 4. The summed E-state index contributed by atoms with van der Waals surface area (Å²) in [5, 5.41) is 7.84. The third-order valence-corrected chi connectivity index (χ3v) is 13.1. The van der Waals surface area contributed by atoms with Gasteiger partial charge in [0.1, 0.15) is 22.6 Å².